The molecule has 2 heterocycles. The van der Waals surface area contributed by atoms with Gasteiger partial charge in [0, 0.05) is 12.4 Å². The fraction of sp³-hybridized carbons (Fsp3) is 0.227. The van der Waals surface area contributed by atoms with Crippen LogP contribution in [0.1, 0.15) is 36.2 Å². The highest BCUT2D eigenvalue weighted by molar-refractivity contribution is 8.26. The first-order chi connectivity index (χ1) is 15.8. The van der Waals surface area contributed by atoms with Gasteiger partial charge in [0.25, 0.3) is 11.8 Å². The van der Waals surface area contributed by atoms with Gasteiger partial charge in [-0.3, -0.25) is 20.0 Å². The number of carboxylic acids is 1. The van der Waals surface area contributed by atoms with E-state index in [1.807, 2.05) is 0 Å². The molecular weight excluding hydrogens is 466 g/mol. The molecule has 1 aliphatic rings. The smallest absolute Gasteiger partial charge is 0.344 e. The van der Waals surface area contributed by atoms with Crippen LogP contribution in [0.15, 0.2) is 47.6 Å². The lowest BCUT2D eigenvalue weighted by atomic mass is 10.1. The van der Waals surface area contributed by atoms with E-state index in [1.54, 1.807) is 50.3 Å². The predicted molar refractivity (Wildman–Crippen MR) is 127 cm³/mol. The highest BCUT2D eigenvalue weighted by Gasteiger charge is 2.34. The van der Waals surface area contributed by atoms with Gasteiger partial charge in [-0.1, -0.05) is 24.8 Å². The van der Waals surface area contributed by atoms with Crippen molar-refractivity contribution in [1.82, 2.24) is 15.4 Å². The van der Waals surface area contributed by atoms with Crippen LogP contribution in [0.25, 0.3) is 6.08 Å². The van der Waals surface area contributed by atoms with Crippen molar-refractivity contribution >= 4 is 52.2 Å². The van der Waals surface area contributed by atoms with Gasteiger partial charge in [0.1, 0.15) is 0 Å². The molecule has 11 heteroatoms. The molecule has 0 spiro atoms. The molecule has 1 aliphatic heterocycles. The van der Waals surface area contributed by atoms with E-state index >= 15 is 0 Å². The topological polar surface area (TPSA) is 118 Å². The molecule has 33 heavy (non-hydrogen) atoms. The zero-order valence-electron chi connectivity index (χ0n) is 17.8. The summed E-state index contributed by atoms with van der Waals surface area (Å²) in [5.74, 6) is -1.41. The first-order valence-corrected chi connectivity index (χ1v) is 11.2. The lowest BCUT2D eigenvalue weighted by Gasteiger charge is -2.17. The van der Waals surface area contributed by atoms with Gasteiger partial charge in [0.05, 0.1) is 17.1 Å². The summed E-state index contributed by atoms with van der Waals surface area (Å²) in [4.78, 5) is 40.7. The van der Waals surface area contributed by atoms with Gasteiger partial charge >= 0.3 is 5.97 Å². The lowest BCUT2D eigenvalue weighted by Crippen LogP contribution is -2.44. The molecule has 1 aromatic carbocycles. The molecule has 1 unspecified atom stereocenters. The molecule has 0 saturated carbocycles. The van der Waals surface area contributed by atoms with E-state index in [9.17, 15) is 19.5 Å². The number of carbonyl (C=O) groups excluding carboxylic acids is 2. The number of rotatable bonds is 9. The highest BCUT2D eigenvalue weighted by Crippen LogP contribution is 2.34. The first-order valence-electron chi connectivity index (χ1n) is 9.99. The second-order valence-electron chi connectivity index (χ2n) is 6.69. The summed E-state index contributed by atoms with van der Waals surface area (Å²) >= 11 is 6.29. The Morgan fingerprint density at radius 3 is 2.73 bits per heavy atom. The predicted octanol–water partition coefficient (Wildman–Crippen LogP) is 3.27. The standard InChI is InChI=1S/C22H21N3O6S2/c1-3-15(21(28)29)31-16-8-7-13(10-17(16)30-4-2)11-18-20(27)25(22(32)33-18)24-19(26)14-6-5-9-23-12-14/h5-12,15H,3-4H2,1-2H3,(H,24,26)(H,28,29)/b18-11+. The number of aromatic nitrogens is 1. The van der Waals surface area contributed by atoms with E-state index in [-0.39, 0.29) is 10.7 Å². The molecule has 0 radical (unpaired) electrons. The number of pyridine rings is 1. The van der Waals surface area contributed by atoms with Crippen LogP contribution in [0, 0.1) is 0 Å². The largest absolute Gasteiger partial charge is 0.490 e. The van der Waals surface area contributed by atoms with Gasteiger partial charge in [-0.2, -0.15) is 5.01 Å². The molecule has 1 fully saturated rings. The Labute approximate surface area is 199 Å². The number of nitrogens with zero attached hydrogens (tertiary/aromatic N) is 2. The maximum absolute atomic E-state index is 12.8. The van der Waals surface area contributed by atoms with Crippen molar-refractivity contribution in [2.75, 3.05) is 6.61 Å². The summed E-state index contributed by atoms with van der Waals surface area (Å²) in [5.41, 5.74) is 3.40. The third kappa shape index (κ3) is 5.88. The summed E-state index contributed by atoms with van der Waals surface area (Å²) in [6.07, 6.45) is 3.81. The van der Waals surface area contributed by atoms with Crippen molar-refractivity contribution in [2.24, 2.45) is 0 Å². The average Bonchev–Trinajstić information content (AvgIpc) is 3.06. The quantitative estimate of drug-likeness (QED) is 0.406. The summed E-state index contributed by atoms with van der Waals surface area (Å²) in [7, 11) is 0. The minimum Gasteiger partial charge on any atom is -0.490 e. The van der Waals surface area contributed by atoms with Crippen LogP contribution in [0.4, 0.5) is 0 Å². The van der Waals surface area contributed by atoms with E-state index in [2.05, 4.69) is 10.4 Å². The van der Waals surface area contributed by atoms with Crippen LogP contribution in [-0.4, -0.2) is 49.9 Å². The third-order valence-corrected chi connectivity index (χ3v) is 5.71. The zero-order valence-corrected chi connectivity index (χ0v) is 19.4. The third-order valence-electron chi connectivity index (χ3n) is 4.41. The van der Waals surface area contributed by atoms with Crippen molar-refractivity contribution in [3.05, 3.63) is 58.8 Å². The van der Waals surface area contributed by atoms with Gasteiger partial charge in [-0.05, 0) is 61.5 Å². The Balaban J connectivity index is 1.80. The molecule has 1 atom stereocenters. The number of nitrogens with one attached hydrogen (secondary N) is 1. The number of thiocarbonyl (C=S) groups is 1. The molecule has 1 saturated heterocycles. The van der Waals surface area contributed by atoms with E-state index in [4.69, 9.17) is 21.7 Å². The summed E-state index contributed by atoms with van der Waals surface area (Å²) < 4.78 is 11.4. The number of hydrogen-bond donors (Lipinski definition) is 2. The number of benzene rings is 1. The number of hydrazine groups is 1. The molecule has 2 aromatic rings. The lowest BCUT2D eigenvalue weighted by molar-refractivity contribution is -0.145. The fourth-order valence-corrected chi connectivity index (χ4v) is 4.00. The van der Waals surface area contributed by atoms with Crippen molar-refractivity contribution in [3.8, 4) is 11.5 Å². The Hall–Kier alpha value is -3.44. The Kier molecular flexibility index (Phi) is 8.01. The van der Waals surface area contributed by atoms with Gasteiger partial charge in [-0.15, -0.1) is 0 Å². The number of thioether (sulfide) groups is 1. The Morgan fingerprint density at radius 2 is 2.09 bits per heavy atom. The molecule has 2 amide bonds. The minimum atomic E-state index is -1.07. The highest BCUT2D eigenvalue weighted by atomic mass is 32.2. The molecule has 1 aromatic heterocycles. The Morgan fingerprint density at radius 1 is 1.30 bits per heavy atom. The minimum absolute atomic E-state index is 0.181. The average molecular weight is 488 g/mol. The summed E-state index contributed by atoms with van der Waals surface area (Å²) in [5, 5.41) is 10.3. The van der Waals surface area contributed by atoms with E-state index in [1.165, 1.54) is 12.4 Å². The molecule has 3 rings (SSSR count). The second kappa shape index (κ2) is 10.9. The molecule has 0 aliphatic carbocycles. The number of amides is 2. The van der Waals surface area contributed by atoms with E-state index in [0.717, 1.165) is 16.8 Å². The monoisotopic (exact) mass is 487 g/mol. The fourth-order valence-electron chi connectivity index (χ4n) is 2.82. The number of carbonyl (C=O) groups is 3. The van der Waals surface area contributed by atoms with Crippen molar-refractivity contribution in [2.45, 2.75) is 26.4 Å². The first kappa shape index (κ1) is 24.2. The SMILES string of the molecule is CCOc1cc(/C=C2/SC(=S)N(NC(=O)c3cccnc3)C2=O)ccc1OC(CC)C(=O)O. The van der Waals surface area contributed by atoms with Crippen molar-refractivity contribution in [1.29, 1.82) is 0 Å². The molecular formula is C22H21N3O6S2. The van der Waals surface area contributed by atoms with Crippen molar-refractivity contribution < 1.29 is 29.0 Å². The summed E-state index contributed by atoms with van der Waals surface area (Å²) in [6.45, 7) is 3.84. The summed E-state index contributed by atoms with van der Waals surface area (Å²) in [6, 6.07) is 8.10. The maximum atomic E-state index is 12.8. The molecule has 9 nitrogen and oxygen atoms in total. The number of hydrogen-bond acceptors (Lipinski definition) is 8. The maximum Gasteiger partial charge on any atom is 0.344 e. The molecule has 172 valence electrons. The van der Waals surface area contributed by atoms with Crippen LogP contribution in [0.2, 0.25) is 0 Å². The number of aliphatic carboxylic acids is 1. The van der Waals surface area contributed by atoms with E-state index < -0.39 is 23.9 Å². The number of carboxylic acid groups (broad SMARTS) is 1. The molecule has 0 bridgehead atoms. The Bertz CT molecular complexity index is 1110. The van der Waals surface area contributed by atoms with Gasteiger partial charge < -0.3 is 14.6 Å². The van der Waals surface area contributed by atoms with Gasteiger partial charge in [0.2, 0.25) is 0 Å². The van der Waals surface area contributed by atoms with Gasteiger partial charge in [0.15, 0.2) is 21.9 Å². The van der Waals surface area contributed by atoms with Crippen LogP contribution in [-0.2, 0) is 9.59 Å². The van der Waals surface area contributed by atoms with Crippen molar-refractivity contribution in [3.63, 3.8) is 0 Å². The second-order valence-corrected chi connectivity index (χ2v) is 8.37. The van der Waals surface area contributed by atoms with Crippen LogP contribution < -0.4 is 14.9 Å². The zero-order chi connectivity index (χ0) is 24.0. The van der Waals surface area contributed by atoms with Crippen LogP contribution in [0.5, 0.6) is 11.5 Å². The number of ether oxygens (including phenoxy) is 2. The normalized spacial score (nSPS) is 15.5. The van der Waals surface area contributed by atoms with Crippen LogP contribution >= 0.6 is 24.0 Å². The van der Waals surface area contributed by atoms with Gasteiger partial charge in [-0.25, -0.2) is 4.79 Å². The van der Waals surface area contributed by atoms with E-state index in [0.29, 0.717) is 34.1 Å². The van der Waals surface area contributed by atoms with Crippen LogP contribution in [0.3, 0.4) is 0 Å². The molecule has 2 N–H and O–H groups in total.